The monoisotopic (exact) mass is 366 g/mol. The molecule has 4 aliphatic rings. The summed E-state index contributed by atoms with van der Waals surface area (Å²) in [6.07, 6.45) is 17.0. The Morgan fingerprint density at radius 3 is 2.85 bits per heavy atom. The second-order valence-corrected chi connectivity index (χ2v) is 9.98. The third-order valence-electron chi connectivity index (χ3n) is 8.86. The zero-order valence-corrected chi connectivity index (χ0v) is 17.2. The van der Waals surface area contributed by atoms with Gasteiger partial charge in [0.05, 0.1) is 23.7 Å². The number of aryl methyl sites for hydroxylation is 1. The predicted molar refractivity (Wildman–Crippen MR) is 108 cm³/mol. The Bertz CT molecular complexity index is 759. The maximum absolute atomic E-state index is 6.26. The lowest BCUT2D eigenvalue weighted by Crippen LogP contribution is -2.55. The normalized spacial score (nSPS) is 43.4. The number of fused-ring (bicyclic) bond motifs is 5. The van der Waals surface area contributed by atoms with Gasteiger partial charge in [0.2, 0.25) is 0 Å². The molecular weight excluding hydrogens is 332 g/mol. The van der Waals surface area contributed by atoms with E-state index in [1.807, 2.05) is 12.4 Å². The third kappa shape index (κ3) is 2.57. The van der Waals surface area contributed by atoms with E-state index in [4.69, 9.17) is 9.72 Å². The highest BCUT2D eigenvalue weighted by molar-refractivity contribution is 5.70. The summed E-state index contributed by atoms with van der Waals surface area (Å²) in [5.41, 5.74) is 4.43. The summed E-state index contributed by atoms with van der Waals surface area (Å²) in [6.45, 7) is 8.23. The number of nitrogens with zero attached hydrogens (tertiary/aromatic N) is 2. The van der Waals surface area contributed by atoms with Crippen molar-refractivity contribution in [3.05, 3.63) is 29.9 Å². The van der Waals surface area contributed by atoms with Gasteiger partial charge in [-0.25, -0.2) is 4.98 Å². The van der Waals surface area contributed by atoms with Crippen LogP contribution in [0.3, 0.4) is 0 Å². The SMILES string of the molecule is CCc1cncc(C2=CC[C@H]3[C@@H]4CCC5OCCC[C@]5(C)[C@H]4CC[C@]23C)n1. The number of aromatic nitrogens is 2. The summed E-state index contributed by atoms with van der Waals surface area (Å²) < 4.78 is 6.26. The Labute approximate surface area is 164 Å². The van der Waals surface area contributed by atoms with E-state index >= 15 is 0 Å². The van der Waals surface area contributed by atoms with Crippen LogP contribution in [0, 0.1) is 28.6 Å². The number of rotatable bonds is 2. The summed E-state index contributed by atoms with van der Waals surface area (Å²) in [5.74, 6) is 2.47. The maximum atomic E-state index is 6.26. The minimum Gasteiger partial charge on any atom is -0.378 e. The smallest absolute Gasteiger partial charge is 0.0850 e. The van der Waals surface area contributed by atoms with E-state index in [0.29, 0.717) is 11.5 Å². The van der Waals surface area contributed by atoms with E-state index < -0.39 is 0 Å². The van der Waals surface area contributed by atoms with Crippen molar-refractivity contribution in [2.24, 2.45) is 28.6 Å². The van der Waals surface area contributed by atoms with Crippen molar-refractivity contribution in [1.82, 2.24) is 9.97 Å². The van der Waals surface area contributed by atoms with Crippen LogP contribution in [0.15, 0.2) is 18.5 Å². The van der Waals surface area contributed by atoms with Crippen molar-refractivity contribution in [2.75, 3.05) is 6.61 Å². The van der Waals surface area contributed by atoms with Crippen LogP contribution >= 0.6 is 0 Å². The van der Waals surface area contributed by atoms with Crippen molar-refractivity contribution in [3.63, 3.8) is 0 Å². The van der Waals surface area contributed by atoms with Gasteiger partial charge in [-0.05, 0) is 85.5 Å². The molecule has 3 aliphatic carbocycles. The topological polar surface area (TPSA) is 35.0 Å². The number of ether oxygens (including phenoxy) is 1. The molecule has 1 unspecified atom stereocenters. The van der Waals surface area contributed by atoms with Crippen molar-refractivity contribution in [1.29, 1.82) is 0 Å². The fourth-order valence-electron chi connectivity index (χ4n) is 7.39. The van der Waals surface area contributed by atoms with Gasteiger partial charge < -0.3 is 4.74 Å². The molecule has 0 radical (unpaired) electrons. The first-order chi connectivity index (χ1) is 13.1. The van der Waals surface area contributed by atoms with Crippen LogP contribution in [-0.4, -0.2) is 22.7 Å². The molecule has 0 N–H and O–H groups in total. The minimum absolute atomic E-state index is 0.279. The van der Waals surface area contributed by atoms with Crippen molar-refractivity contribution in [3.8, 4) is 0 Å². The largest absolute Gasteiger partial charge is 0.378 e. The quantitative estimate of drug-likeness (QED) is 0.698. The standard InChI is InChI=1S/C24H34N2O/c1-4-16-14-25-15-21(26-16)20-8-7-18-17-6-9-22-24(3,11-5-13-27-22)19(17)10-12-23(18,20)2/h8,14-15,17-19,22H,4-7,9-13H2,1-3H3/t17-,18-,19-,22?,23-,24+/m0/s1. The fourth-order valence-corrected chi connectivity index (χ4v) is 7.39. The average molecular weight is 367 g/mol. The molecule has 3 nitrogen and oxygen atoms in total. The molecule has 3 fully saturated rings. The van der Waals surface area contributed by atoms with E-state index in [2.05, 4.69) is 31.8 Å². The molecule has 0 spiro atoms. The highest BCUT2D eigenvalue weighted by Crippen LogP contribution is 2.65. The van der Waals surface area contributed by atoms with Gasteiger partial charge in [0.25, 0.3) is 0 Å². The predicted octanol–water partition coefficient (Wildman–Crippen LogP) is 5.45. The van der Waals surface area contributed by atoms with Crippen LogP contribution in [0.25, 0.3) is 5.57 Å². The van der Waals surface area contributed by atoms with Crippen molar-refractivity contribution >= 4 is 5.57 Å². The van der Waals surface area contributed by atoms with Gasteiger partial charge in [-0.1, -0.05) is 26.8 Å². The van der Waals surface area contributed by atoms with Crippen LogP contribution in [0.1, 0.15) is 77.1 Å². The van der Waals surface area contributed by atoms with Gasteiger partial charge in [-0.3, -0.25) is 4.98 Å². The third-order valence-corrected chi connectivity index (χ3v) is 8.86. The average Bonchev–Trinajstić information content (AvgIpc) is 3.05. The van der Waals surface area contributed by atoms with Crippen LogP contribution in [0.2, 0.25) is 0 Å². The number of hydrogen-bond acceptors (Lipinski definition) is 3. The Morgan fingerprint density at radius 2 is 2.00 bits per heavy atom. The molecule has 2 saturated carbocycles. The summed E-state index contributed by atoms with van der Waals surface area (Å²) in [7, 11) is 0. The van der Waals surface area contributed by atoms with Crippen molar-refractivity contribution < 1.29 is 4.74 Å². The summed E-state index contributed by atoms with van der Waals surface area (Å²) >= 11 is 0. The Hall–Kier alpha value is -1.22. The van der Waals surface area contributed by atoms with E-state index in [0.717, 1.165) is 42.2 Å². The van der Waals surface area contributed by atoms with Gasteiger partial charge in [-0.2, -0.15) is 0 Å². The Morgan fingerprint density at radius 1 is 1.11 bits per heavy atom. The molecule has 1 aromatic rings. The Balaban J connectivity index is 1.45. The van der Waals surface area contributed by atoms with Crippen molar-refractivity contribution in [2.45, 2.75) is 78.2 Å². The van der Waals surface area contributed by atoms with E-state index in [-0.39, 0.29) is 5.41 Å². The molecule has 6 atom stereocenters. The molecule has 3 heteroatoms. The highest BCUT2D eigenvalue weighted by Gasteiger charge is 2.58. The zero-order valence-electron chi connectivity index (χ0n) is 17.2. The van der Waals surface area contributed by atoms with Gasteiger partial charge in [0, 0.05) is 12.8 Å². The summed E-state index contributed by atoms with van der Waals surface area (Å²) in [4.78, 5) is 9.44. The molecule has 27 heavy (non-hydrogen) atoms. The van der Waals surface area contributed by atoms with Crippen LogP contribution in [0.4, 0.5) is 0 Å². The lowest BCUT2D eigenvalue weighted by atomic mass is 9.47. The molecule has 1 saturated heterocycles. The maximum Gasteiger partial charge on any atom is 0.0850 e. The van der Waals surface area contributed by atoms with E-state index in [1.165, 1.54) is 50.5 Å². The first kappa shape index (κ1) is 17.8. The molecule has 0 amide bonds. The first-order valence-corrected chi connectivity index (χ1v) is 11.2. The molecule has 1 aliphatic heterocycles. The van der Waals surface area contributed by atoms with E-state index in [1.54, 1.807) is 0 Å². The zero-order chi connectivity index (χ0) is 18.6. The molecular formula is C24H34N2O. The van der Waals surface area contributed by atoms with Gasteiger partial charge in [-0.15, -0.1) is 0 Å². The lowest BCUT2D eigenvalue weighted by molar-refractivity contribution is -0.168. The second kappa shape index (κ2) is 6.40. The van der Waals surface area contributed by atoms with Crippen LogP contribution < -0.4 is 0 Å². The number of hydrogen-bond donors (Lipinski definition) is 0. The number of allylic oxidation sites excluding steroid dienone is 2. The molecule has 1 aromatic heterocycles. The van der Waals surface area contributed by atoms with Gasteiger partial charge in [0.1, 0.15) is 0 Å². The van der Waals surface area contributed by atoms with E-state index in [9.17, 15) is 0 Å². The highest BCUT2D eigenvalue weighted by atomic mass is 16.5. The summed E-state index contributed by atoms with van der Waals surface area (Å²) in [6, 6.07) is 0. The molecule has 2 heterocycles. The minimum atomic E-state index is 0.279. The summed E-state index contributed by atoms with van der Waals surface area (Å²) in [5, 5.41) is 0. The molecule has 146 valence electrons. The van der Waals surface area contributed by atoms with Crippen LogP contribution in [0.5, 0.6) is 0 Å². The van der Waals surface area contributed by atoms with Crippen LogP contribution in [-0.2, 0) is 11.2 Å². The molecule has 0 bridgehead atoms. The molecule has 5 rings (SSSR count). The Kier molecular flexibility index (Phi) is 4.23. The van der Waals surface area contributed by atoms with Gasteiger partial charge in [0.15, 0.2) is 0 Å². The molecule has 0 aromatic carbocycles. The fraction of sp³-hybridized carbons (Fsp3) is 0.750. The second-order valence-electron chi connectivity index (χ2n) is 9.98. The lowest BCUT2D eigenvalue weighted by Gasteiger charge is -2.59. The van der Waals surface area contributed by atoms with Gasteiger partial charge >= 0.3 is 0 Å². The first-order valence-electron chi connectivity index (χ1n) is 11.2.